The minimum absolute atomic E-state index is 0.113. The van der Waals surface area contributed by atoms with Crippen LogP contribution in [0.4, 0.5) is 0 Å². The van der Waals surface area contributed by atoms with Crippen molar-refractivity contribution < 1.29 is 9.53 Å². The molecule has 0 aliphatic heterocycles. The van der Waals surface area contributed by atoms with E-state index in [0.29, 0.717) is 6.42 Å². The molecule has 1 rings (SSSR count). The molecule has 0 saturated heterocycles. The summed E-state index contributed by atoms with van der Waals surface area (Å²) in [4.78, 5) is 10.3. The van der Waals surface area contributed by atoms with Crippen LogP contribution in [-0.2, 0) is 11.2 Å². The minimum Gasteiger partial charge on any atom is -0.482 e. The Kier molecular flexibility index (Phi) is 5.18. The van der Waals surface area contributed by atoms with E-state index in [-0.39, 0.29) is 5.73 Å². The summed E-state index contributed by atoms with van der Waals surface area (Å²) in [6.45, 7) is 6.57. The fraction of sp³-hybridized carbons (Fsp3) is 0.400. The molecule has 0 amide bonds. The van der Waals surface area contributed by atoms with Gasteiger partial charge < -0.3 is 9.53 Å². The third-order valence-corrected chi connectivity index (χ3v) is 4.52. The molecular weight excluding hydrogens is 240 g/mol. The zero-order valence-corrected chi connectivity index (χ0v) is 12.3. The molecule has 1 atom stereocenters. The average molecular weight is 260 g/mol. The molecule has 3 heteroatoms. The summed E-state index contributed by atoms with van der Waals surface area (Å²) in [5.74, 6) is 3.53. The van der Waals surface area contributed by atoms with Crippen molar-refractivity contribution in [2.75, 3.05) is 0 Å². The number of aryl methyl sites for hydroxylation is 1. The summed E-state index contributed by atoms with van der Waals surface area (Å²) in [6.07, 6.45) is 7.79. The average Bonchev–Trinajstić information content (AvgIpc) is 2.33. The van der Waals surface area contributed by atoms with Crippen molar-refractivity contribution in [2.24, 2.45) is 0 Å². The van der Waals surface area contributed by atoms with Crippen molar-refractivity contribution in [3.05, 3.63) is 29.8 Å². The SMILES string of the molecule is C#CC(Oc1ccc(CCC=O)cc1)[Si](C)(C)C. The van der Waals surface area contributed by atoms with Crippen LogP contribution in [0, 0.1) is 12.3 Å². The van der Waals surface area contributed by atoms with E-state index < -0.39 is 8.07 Å². The van der Waals surface area contributed by atoms with E-state index in [1.54, 1.807) is 0 Å². The van der Waals surface area contributed by atoms with E-state index >= 15 is 0 Å². The Bertz CT molecular complexity index is 423. The largest absolute Gasteiger partial charge is 0.482 e. The first-order valence-corrected chi connectivity index (χ1v) is 9.70. The van der Waals surface area contributed by atoms with E-state index in [0.717, 1.165) is 24.0 Å². The van der Waals surface area contributed by atoms with Gasteiger partial charge in [-0.3, -0.25) is 0 Å². The Morgan fingerprint density at radius 2 is 1.94 bits per heavy atom. The summed E-state index contributed by atoms with van der Waals surface area (Å²) < 4.78 is 5.84. The van der Waals surface area contributed by atoms with Crippen molar-refractivity contribution in [1.29, 1.82) is 0 Å². The van der Waals surface area contributed by atoms with Gasteiger partial charge in [-0.2, -0.15) is 0 Å². The van der Waals surface area contributed by atoms with Crippen LogP contribution >= 0.6 is 0 Å². The lowest BCUT2D eigenvalue weighted by atomic mass is 10.1. The minimum atomic E-state index is -1.51. The molecule has 1 aromatic carbocycles. The predicted molar refractivity (Wildman–Crippen MR) is 77.4 cm³/mol. The summed E-state index contributed by atoms with van der Waals surface area (Å²) in [6, 6.07) is 7.81. The number of terminal acetylenes is 1. The van der Waals surface area contributed by atoms with E-state index in [1.165, 1.54) is 0 Å². The molecule has 0 aliphatic rings. The van der Waals surface area contributed by atoms with Crippen LogP contribution in [0.5, 0.6) is 5.75 Å². The molecule has 0 aromatic heterocycles. The van der Waals surface area contributed by atoms with Gasteiger partial charge in [0, 0.05) is 6.42 Å². The highest BCUT2D eigenvalue weighted by molar-refractivity contribution is 6.78. The Hall–Kier alpha value is -1.53. The second-order valence-corrected chi connectivity index (χ2v) is 10.6. The normalized spacial score (nSPS) is 12.6. The maximum absolute atomic E-state index is 10.3. The van der Waals surface area contributed by atoms with E-state index in [2.05, 4.69) is 25.6 Å². The van der Waals surface area contributed by atoms with Crippen LogP contribution in [0.3, 0.4) is 0 Å². The summed E-state index contributed by atoms with van der Waals surface area (Å²) in [5.41, 5.74) is 1.03. The van der Waals surface area contributed by atoms with Gasteiger partial charge in [0.25, 0.3) is 0 Å². The van der Waals surface area contributed by atoms with Gasteiger partial charge in [-0.05, 0) is 24.1 Å². The van der Waals surface area contributed by atoms with Gasteiger partial charge >= 0.3 is 0 Å². The van der Waals surface area contributed by atoms with Crippen molar-refractivity contribution in [2.45, 2.75) is 38.2 Å². The molecule has 0 saturated carbocycles. The standard InChI is InChI=1S/C15H20O2Si/c1-5-15(18(2,3)4)17-14-10-8-13(9-11-14)7-6-12-16/h1,8-12,15H,6-7H2,2-4H3. The highest BCUT2D eigenvalue weighted by Gasteiger charge is 2.26. The monoisotopic (exact) mass is 260 g/mol. The number of hydrogen-bond acceptors (Lipinski definition) is 2. The number of benzene rings is 1. The summed E-state index contributed by atoms with van der Waals surface area (Å²) >= 11 is 0. The first-order valence-electron chi connectivity index (χ1n) is 6.12. The first-order chi connectivity index (χ1) is 8.47. The van der Waals surface area contributed by atoms with Crippen LogP contribution in [0.1, 0.15) is 12.0 Å². The number of hydrogen-bond donors (Lipinski definition) is 0. The fourth-order valence-electron chi connectivity index (χ4n) is 1.56. The third-order valence-electron chi connectivity index (χ3n) is 2.67. The molecule has 0 aliphatic carbocycles. The predicted octanol–water partition coefficient (Wildman–Crippen LogP) is 3.08. The van der Waals surface area contributed by atoms with Gasteiger partial charge in [0.2, 0.25) is 0 Å². The zero-order chi connectivity index (χ0) is 13.6. The molecule has 0 bridgehead atoms. The lowest BCUT2D eigenvalue weighted by Gasteiger charge is -2.25. The van der Waals surface area contributed by atoms with Gasteiger partial charge in [0.05, 0.1) is 0 Å². The van der Waals surface area contributed by atoms with Crippen molar-refractivity contribution in [3.8, 4) is 18.1 Å². The van der Waals surface area contributed by atoms with E-state index in [9.17, 15) is 4.79 Å². The Balaban J connectivity index is 2.69. The van der Waals surface area contributed by atoms with Gasteiger partial charge in [-0.15, -0.1) is 6.42 Å². The summed E-state index contributed by atoms with van der Waals surface area (Å²) in [5, 5.41) is 0. The molecule has 0 radical (unpaired) electrons. The topological polar surface area (TPSA) is 26.3 Å². The van der Waals surface area contributed by atoms with Crippen LogP contribution in [0.15, 0.2) is 24.3 Å². The molecule has 2 nitrogen and oxygen atoms in total. The molecule has 1 aromatic rings. The molecule has 0 fully saturated rings. The molecule has 1 unspecified atom stereocenters. The highest BCUT2D eigenvalue weighted by Crippen LogP contribution is 2.18. The van der Waals surface area contributed by atoms with Crippen LogP contribution < -0.4 is 4.74 Å². The highest BCUT2D eigenvalue weighted by atomic mass is 28.3. The molecule has 0 N–H and O–H groups in total. The van der Waals surface area contributed by atoms with E-state index in [4.69, 9.17) is 11.2 Å². The van der Waals surface area contributed by atoms with Crippen LogP contribution in [0.25, 0.3) is 0 Å². The first kappa shape index (κ1) is 14.5. The Morgan fingerprint density at radius 1 is 1.33 bits per heavy atom. The van der Waals surface area contributed by atoms with Crippen molar-refractivity contribution in [3.63, 3.8) is 0 Å². The van der Waals surface area contributed by atoms with E-state index in [1.807, 2.05) is 24.3 Å². The smallest absolute Gasteiger partial charge is 0.143 e. The number of rotatable bonds is 6. The maximum Gasteiger partial charge on any atom is 0.143 e. The Morgan fingerprint density at radius 3 is 2.39 bits per heavy atom. The molecule has 18 heavy (non-hydrogen) atoms. The number of carbonyl (C=O) groups is 1. The lowest BCUT2D eigenvalue weighted by Crippen LogP contribution is -2.41. The van der Waals surface area contributed by atoms with Crippen molar-refractivity contribution >= 4 is 14.4 Å². The van der Waals surface area contributed by atoms with Crippen LogP contribution in [-0.4, -0.2) is 20.1 Å². The fourth-order valence-corrected chi connectivity index (χ4v) is 2.55. The van der Waals surface area contributed by atoms with Gasteiger partial charge in [-0.25, -0.2) is 0 Å². The van der Waals surface area contributed by atoms with Gasteiger partial charge in [-0.1, -0.05) is 37.7 Å². The number of ether oxygens (including phenoxy) is 1. The van der Waals surface area contributed by atoms with Crippen LogP contribution in [0.2, 0.25) is 19.6 Å². The lowest BCUT2D eigenvalue weighted by molar-refractivity contribution is -0.107. The second-order valence-electron chi connectivity index (χ2n) is 5.38. The Labute approximate surface area is 110 Å². The molecule has 96 valence electrons. The number of carbonyl (C=O) groups excluding carboxylic acids is 1. The van der Waals surface area contributed by atoms with Crippen molar-refractivity contribution in [1.82, 2.24) is 0 Å². The third kappa shape index (κ3) is 4.38. The molecule has 0 heterocycles. The number of aldehydes is 1. The maximum atomic E-state index is 10.3. The van der Waals surface area contributed by atoms with Gasteiger partial charge in [0.1, 0.15) is 25.8 Å². The second kappa shape index (κ2) is 6.41. The zero-order valence-electron chi connectivity index (χ0n) is 11.3. The van der Waals surface area contributed by atoms with Gasteiger partial charge in [0.15, 0.2) is 0 Å². The quantitative estimate of drug-likeness (QED) is 0.446. The summed E-state index contributed by atoms with van der Waals surface area (Å²) in [7, 11) is -1.51. The molecule has 0 spiro atoms. The molecular formula is C15H20O2Si.